The molecule has 0 aromatic heterocycles. The molecule has 0 unspecified atom stereocenters. The van der Waals surface area contributed by atoms with Crippen molar-refractivity contribution in [1.82, 2.24) is 0 Å². The summed E-state index contributed by atoms with van der Waals surface area (Å²) in [4.78, 5) is 25.5. The Morgan fingerprint density at radius 3 is 2.44 bits per heavy atom. The van der Waals surface area contributed by atoms with Crippen LogP contribution >= 0.6 is 0 Å². The molecule has 25 heavy (non-hydrogen) atoms. The topological polar surface area (TPSA) is 46.6 Å². The van der Waals surface area contributed by atoms with Crippen LogP contribution in [0.5, 0.6) is 0 Å². The second kappa shape index (κ2) is 7.62. The molecule has 0 aliphatic rings. The van der Waals surface area contributed by atoms with Gasteiger partial charge in [0.1, 0.15) is 12.9 Å². The monoisotopic (exact) mass is 333 g/mol. The highest BCUT2D eigenvalue weighted by molar-refractivity contribution is 6.03. The van der Waals surface area contributed by atoms with Crippen LogP contribution in [-0.4, -0.2) is 18.4 Å². The van der Waals surface area contributed by atoms with Gasteiger partial charge in [0.25, 0.3) is 0 Å². The van der Waals surface area contributed by atoms with Crippen LogP contribution in [0.25, 0.3) is 10.8 Å². The van der Waals surface area contributed by atoms with Crippen molar-refractivity contribution in [3.8, 4) is 0 Å². The Kier molecular flexibility index (Phi) is 5.09. The molecular weight excluding hydrogens is 314 g/mol. The lowest BCUT2D eigenvalue weighted by Crippen LogP contribution is -2.40. The highest BCUT2D eigenvalue weighted by Crippen LogP contribution is 2.28. The second-order valence-electron chi connectivity index (χ2n) is 5.79. The van der Waals surface area contributed by atoms with E-state index >= 15 is 0 Å². The number of hydrogen-bond acceptors (Lipinski definition) is 3. The number of amides is 1. The van der Waals surface area contributed by atoms with E-state index in [0.29, 0.717) is 5.69 Å². The first-order chi connectivity index (χ1) is 12.2. The van der Waals surface area contributed by atoms with E-state index in [1.54, 1.807) is 6.92 Å². The van der Waals surface area contributed by atoms with Crippen molar-refractivity contribution < 1.29 is 14.3 Å². The first-order valence-corrected chi connectivity index (χ1v) is 8.13. The van der Waals surface area contributed by atoms with Crippen LogP contribution < -0.4 is 4.90 Å². The van der Waals surface area contributed by atoms with Gasteiger partial charge in [-0.1, -0.05) is 66.7 Å². The average Bonchev–Trinajstić information content (AvgIpc) is 2.67. The lowest BCUT2D eigenvalue weighted by molar-refractivity contribution is -0.108. The normalized spacial score (nSPS) is 11.7. The fourth-order valence-electron chi connectivity index (χ4n) is 2.75. The van der Waals surface area contributed by atoms with Gasteiger partial charge in [0.2, 0.25) is 0 Å². The minimum absolute atomic E-state index is 0.159. The summed E-state index contributed by atoms with van der Waals surface area (Å²) >= 11 is 0. The van der Waals surface area contributed by atoms with E-state index in [0.717, 1.165) is 22.6 Å². The molecule has 0 aliphatic carbocycles. The Labute approximate surface area is 146 Å². The molecule has 0 spiro atoms. The van der Waals surface area contributed by atoms with Crippen molar-refractivity contribution in [1.29, 1.82) is 0 Å². The molecule has 3 aromatic carbocycles. The number of anilines is 1. The number of aldehydes is 1. The Morgan fingerprint density at radius 1 is 1.00 bits per heavy atom. The Bertz CT molecular complexity index is 871. The predicted octanol–water partition coefficient (Wildman–Crippen LogP) is 4.57. The number of ether oxygens (including phenoxy) is 1. The third-order valence-corrected chi connectivity index (χ3v) is 4.03. The lowest BCUT2D eigenvalue weighted by atomic mass is 10.1. The maximum absolute atomic E-state index is 12.7. The summed E-state index contributed by atoms with van der Waals surface area (Å²) in [5, 5.41) is 1.90. The number of carbonyl (C=O) groups excluding carboxylic acids is 2. The molecule has 0 fully saturated rings. The average molecular weight is 333 g/mol. The number of carbonyl (C=O) groups is 2. The molecule has 0 radical (unpaired) electrons. The van der Waals surface area contributed by atoms with Gasteiger partial charge in [-0.25, -0.2) is 4.79 Å². The smallest absolute Gasteiger partial charge is 0.415 e. The van der Waals surface area contributed by atoms with E-state index in [2.05, 4.69) is 0 Å². The van der Waals surface area contributed by atoms with Crippen LogP contribution in [0.4, 0.5) is 10.5 Å². The molecule has 0 bridgehead atoms. The molecule has 4 heteroatoms. The van der Waals surface area contributed by atoms with Gasteiger partial charge in [0.15, 0.2) is 0 Å². The number of benzene rings is 3. The van der Waals surface area contributed by atoms with E-state index in [-0.39, 0.29) is 6.61 Å². The number of hydrogen-bond donors (Lipinski definition) is 0. The highest BCUT2D eigenvalue weighted by Gasteiger charge is 2.24. The summed E-state index contributed by atoms with van der Waals surface area (Å²) in [5.74, 6) is 0. The summed E-state index contributed by atoms with van der Waals surface area (Å²) in [6.07, 6.45) is 0.200. The summed E-state index contributed by atoms with van der Waals surface area (Å²) in [6.45, 7) is 1.84. The first-order valence-electron chi connectivity index (χ1n) is 8.13. The zero-order valence-electron chi connectivity index (χ0n) is 14.0. The van der Waals surface area contributed by atoms with Gasteiger partial charge in [-0.15, -0.1) is 0 Å². The molecule has 0 heterocycles. The van der Waals surface area contributed by atoms with Crippen molar-refractivity contribution in [3.05, 3.63) is 78.4 Å². The molecule has 4 nitrogen and oxygen atoms in total. The van der Waals surface area contributed by atoms with Crippen LogP contribution in [0.3, 0.4) is 0 Å². The van der Waals surface area contributed by atoms with Crippen molar-refractivity contribution in [2.75, 3.05) is 4.90 Å². The van der Waals surface area contributed by atoms with Crippen LogP contribution in [-0.2, 0) is 16.1 Å². The van der Waals surface area contributed by atoms with E-state index in [4.69, 9.17) is 4.74 Å². The summed E-state index contributed by atoms with van der Waals surface area (Å²) < 4.78 is 5.44. The third-order valence-electron chi connectivity index (χ3n) is 4.03. The fraction of sp³-hybridized carbons (Fsp3) is 0.143. The molecule has 3 aromatic rings. The Hall–Kier alpha value is -3.14. The van der Waals surface area contributed by atoms with Gasteiger partial charge >= 0.3 is 6.09 Å². The van der Waals surface area contributed by atoms with Crippen LogP contribution in [0.1, 0.15) is 12.5 Å². The van der Waals surface area contributed by atoms with Crippen molar-refractivity contribution in [2.45, 2.75) is 19.6 Å². The number of nitrogens with zero attached hydrogens (tertiary/aromatic N) is 1. The molecule has 0 aliphatic heterocycles. The predicted molar refractivity (Wildman–Crippen MR) is 98.6 cm³/mol. The van der Waals surface area contributed by atoms with Gasteiger partial charge in [-0.3, -0.25) is 4.90 Å². The summed E-state index contributed by atoms with van der Waals surface area (Å²) in [7, 11) is 0. The highest BCUT2D eigenvalue weighted by atomic mass is 16.6. The first kappa shape index (κ1) is 16.7. The molecule has 126 valence electrons. The van der Waals surface area contributed by atoms with E-state index in [1.807, 2.05) is 72.8 Å². The molecule has 3 rings (SSSR count). The maximum Gasteiger partial charge on any atom is 0.415 e. The summed E-state index contributed by atoms with van der Waals surface area (Å²) in [5.41, 5.74) is 1.56. The fourth-order valence-corrected chi connectivity index (χ4v) is 2.75. The zero-order valence-corrected chi connectivity index (χ0v) is 14.0. The van der Waals surface area contributed by atoms with Crippen LogP contribution in [0.2, 0.25) is 0 Å². The molecule has 1 amide bonds. The van der Waals surface area contributed by atoms with Crippen LogP contribution in [0, 0.1) is 0 Å². The SMILES string of the molecule is C[C@@H](C=O)N(C(=O)OCc1ccccc1)c1cccc2ccccc12. The standard InChI is InChI=1S/C21H19NO3/c1-16(14-23)22(21(24)25-15-17-8-3-2-4-9-17)20-13-7-11-18-10-5-6-12-19(18)20/h2-14,16H,15H2,1H3/t16-/m0/s1. The largest absolute Gasteiger partial charge is 0.444 e. The van der Waals surface area contributed by atoms with Gasteiger partial charge in [-0.05, 0) is 23.9 Å². The molecule has 0 saturated heterocycles. The van der Waals surface area contributed by atoms with Crippen molar-refractivity contribution in [3.63, 3.8) is 0 Å². The lowest BCUT2D eigenvalue weighted by Gasteiger charge is -2.26. The van der Waals surface area contributed by atoms with Gasteiger partial charge < -0.3 is 9.53 Å². The molecule has 1 atom stereocenters. The van der Waals surface area contributed by atoms with E-state index in [9.17, 15) is 9.59 Å². The van der Waals surface area contributed by atoms with Crippen molar-refractivity contribution in [2.24, 2.45) is 0 Å². The quantitative estimate of drug-likeness (QED) is 0.643. The minimum Gasteiger partial charge on any atom is -0.444 e. The zero-order chi connectivity index (χ0) is 17.6. The van der Waals surface area contributed by atoms with Crippen LogP contribution in [0.15, 0.2) is 72.8 Å². The third kappa shape index (κ3) is 3.69. The molecule has 0 saturated carbocycles. The number of fused-ring (bicyclic) bond motifs is 1. The van der Waals surface area contributed by atoms with E-state index < -0.39 is 12.1 Å². The van der Waals surface area contributed by atoms with Gasteiger partial charge in [-0.2, -0.15) is 0 Å². The Balaban J connectivity index is 1.91. The molecular formula is C21H19NO3. The van der Waals surface area contributed by atoms with Crippen molar-refractivity contribution >= 4 is 28.8 Å². The van der Waals surface area contributed by atoms with E-state index in [1.165, 1.54) is 4.90 Å². The maximum atomic E-state index is 12.7. The second-order valence-corrected chi connectivity index (χ2v) is 5.79. The number of rotatable bonds is 5. The molecule has 0 N–H and O–H groups in total. The Morgan fingerprint density at radius 2 is 1.68 bits per heavy atom. The minimum atomic E-state index is -0.630. The summed E-state index contributed by atoms with van der Waals surface area (Å²) in [6, 6.07) is 22.2. The van der Waals surface area contributed by atoms with Gasteiger partial charge in [0.05, 0.1) is 11.7 Å². The van der Waals surface area contributed by atoms with Gasteiger partial charge in [0, 0.05) is 5.39 Å².